The molecule has 0 saturated carbocycles. The quantitative estimate of drug-likeness (QED) is 0.715. The van der Waals surface area contributed by atoms with Gasteiger partial charge in [0.1, 0.15) is 6.10 Å². The van der Waals surface area contributed by atoms with Crippen LogP contribution < -0.4 is 10.6 Å². The van der Waals surface area contributed by atoms with Crippen molar-refractivity contribution in [3.05, 3.63) is 0 Å². The third-order valence-corrected chi connectivity index (χ3v) is 5.81. The van der Waals surface area contributed by atoms with Gasteiger partial charge in [-0.3, -0.25) is 9.69 Å². The molecule has 0 spiro atoms. The normalized spacial score (nSPS) is 31.7. The molecule has 3 heterocycles. The molecule has 0 aromatic carbocycles. The zero-order valence-electron chi connectivity index (χ0n) is 13.3. The number of carbonyl (C=O) groups is 1. The van der Waals surface area contributed by atoms with Gasteiger partial charge in [0.25, 0.3) is 5.91 Å². The summed E-state index contributed by atoms with van der Waals surface area (Å²) in [5.74, 6) is 2.29. The van der Waals surface area contributed by atoms with E-state index in [0.29, 0.717) is 13.2 Å². The highest BCUT2D eigenvalue weighted by Gasteiger charge is 2.41. The van der Waals surface area contributed by atoms with E-state index in [1.165, 1.54) is 5.75 Å². The van der Waals surface area contributed by atoms with Crippen LogP contribution in [-0.4, -0.2) is 86.5 Å². The number of halogens is 2. The Labute approximate surface area is 154 Å². The van der Waals surface area contributed by atoms with Crippen molar-refractivity contribution in [2.75, 3.05) is 64.1 Å². The topological polar surface area (TPSA) is 62.8 Å². The van der Waals surface area contributed by atoms with E-state index in [1.54, 1.807) is 0 Å². The molecule has 9 heteroatoms. The Morgan fingerprint density at radius 2 is 2.09 bits per heavy atom. The molecule has 3 aliphatic heterocycles. The zero-order valence-corrected chi connectivity index (χ0v) is 15.7. The van der Waals surface area contributed by atoms with Crippen LogP contribution in [0.2, 0.25) is 0 Å². The maximum absolute atomic E-state index is 12.3. The molecule has 0 bridgehead atoms. The number of carbonyl (C=O) groups excluding carboxylic acids is 1. The van der Waals surface area contributed by atoms with Crippen LogP contribution in [0.1, 0.15) is 6.42 Å². The lowest BCUT2D eigenvalue weighted by atomic mass is 9.95. The molecule has 3 aliphatic rings. The molecule has 3 saturated heterocycles. The largest absolute Gasteiger partial charge is 0.379 e. The van der Waals surface area contributed by atoms with E-state index in [0.717, 1.165) is 51.6 Å². The summed E-state index contributed by atoms with van der Waals surface area (Å²) < 4.78 is 11.0. The average molecular weight is 388 g/mol. The van der Waals surface area contributed by atoms with E-state index in [4.69, 9.17) is 9.47 Å². The molecule has 3 fully saturated rings. The van der Waals surface area contributed by atoms with E-state index < -0.39 is 0 Å². The van der Waals surface area contributed by atoms with Gasteiger partial charge in [0.15, 0.2) is 0 Å². The van der Waals surface area contributed by atoms with Crippen LogP contribution in [0, 0.1) is 0 Å². The van der Waals surface area contributed by atoms with Crippen molar-refractivity contribution in [1.29, 1.82) is 0 Å². The van der Waals surface area contributed by atoms with E-state index in [1.807, 2.05) is 11.8 Å². The highest BCUT2D eigenvalue weighted by Crippen LogP contribution is 2.33. The first kappa shape index (κ1) is 21.3. The Morgan fingerprint density at radius 3 is 2.70 bits per heavy atom. The van der Waals surface area contributed by atoms with Crippen molar-refractivity contribution in [3.63, 3.8) is 0 Å². The number of hydrogen-bond acceptors (Lipinski definition) is 6. The van der Waals surface area contributed by atoms with Crippen molar-refractivity contribution >= 4 is 42.5 Å². The van der Waals surface area contributed by atoms with Gasteiger partial charge in [-0.15, -0.1) is 24.8 Å². The average Bonchev–Trinajstić information content (AvgIpc) is 3.04. The maximum Gasteiger partial charge on any atom is 0.250 e. The van der Waals surface area contributed by atoms with Gasteiger partial charge in [-0.2, -0.15) is 11.8 Å². The van der Waals surface area contributed by atoms with Gasteiger partial charge in [0.2, 0.25) is 0 Å². The summed E-state index contributed by atoms with van der Waals surface area (Å²) in [6.45, 7) is 6.33. The lowest BCUT2D eigenvalue weighted by Gasteiger charge is -2.43. The smallest absolute Gasteiger partial charge is 0.250 e. The second-order valence-corrected chi connectivity index (χ2v) is 7.01. The first-order chi connectivity index (χ1) is 10.3. The molecule has 23 heavy (non-hydrogen) atoms. The van der Waals surface area contributed by atoms with Gasteiger partial charge in [-0.1, -0.05) is 0 Å². The van der Waals surface area contributed by atoms with E-state index in [9.17, 15) is 4.79 Å². The second kappa shape index (κ2) is 10.3. The standard InChI is InChI=1S/C14H25N3O3S.2ClH/c18-13(12-9-15-2-5-20-12)16-10-14(1-8-21-11-14)17-3-6-19-7-4-17;;/h12,15H,1-11H2,(H,16,18);2*1H. The predicted molar refractivity (Wildman–Crippen MR) is 97.2 cm³/mol. The SMILES string of the molecule is Cl.Cl.O=C(NCC1(N2CCOCC2)CCSC1)C1CNCCO1. The third kappa shape index (κ3) is 5.36. The monoisotopic (exact) mass is 387 g/mol. The molecular formula is C14H27Cl2N3O3S. The molecule has 0 aromatic heterocycles. The summed E-state index contributed by atoms with van der Waals surface area (Å²) in [6, 6.07) is 0. The summed E-state index contributed by atoms with van der Waals surface area (Å²) in [7, 11) is 0. The molecule has 1 amide bonds. The Balaban J connectivity index is 0.00000132. The van der Waals surface area contributed by atoms with Crippen LogP contribution >= 0.6 is 36.6 Å². The Morgan fingerprint density at radius 1 is 1.30 bits per heavy atom. The predicted octanol–water partition coefficient (Wildman–Crippen LogP) is 0.143. The van der Waals surface area contributed by atoms with Gasteiger partial charge in [0, 0.05) is 44.0 Å². The fourth-order valence-electron chi connectivity index (χ4n) is 3.23. The van der Waals surface area contributed by atoms with Crippen LogP contribution in [0.15, 0.2) is 0 Å². The molecule has 136 valence electrons. The van der Waals surface area contributed by atoms with Crippen LogP contribution in [0.3, 0.4) is 0 Å². The molecular weight excluding hydrogens is 361 g/mol. The molecule has 2 unspecified atom stereocenters. The number of thioether (sulfide) groups is 1. The van der Waals surface area contributed by atoms with Crippen molar-refractivity contribution in [1.82, 2.24) is 15.5 Å². The minimum absolute atomic E-state index is 0. The van der Waals surface area contributed by atoms with Gasteiger partial charge in [-0.25, -0.2) is 0 Å². The first-order valence-electron chi connectivity index (χ1n) is 7.81. The Hall–Kier alpha value is 0.240. The molecule has 0 aliphatic carbocycles. The number of nitrogens with zero attached hydrogens (tertiary/aromatic N) is 1. The number of ether oxygens (including phenoxy) is 2. The van der Waals surface area contributed by atoms with Gasteiger partial charge >= 0.3 is 0 Å². The van der Waals surface area contributed by atoms with Crippen LogP contribution in [-0.2, 0) is 14.3 Å². The van der Waals surface area contributed by atoms with Crippen molar-refractivity contribution in [2.45, 2.75) is 18.1 Å². The lowest BCUT2D eigenvalue weighted by molar-refractivity contribution is -0.135. The molecule has 0 radical (unpaired) electrons. The molecule has 2 atom stereocenters. The number of morpholine rings is 2. The highest BCUT2D eigenvalue weighted by molar-refractivity contribution is 7.99. The van der Waals surface area contributed by atoms with Crippen molar-refractivity contribution in [3.8, 4) is 0 Å². The molecule has 3 rings (SSSR count). The zero-order chi connectivity index (χ0) is 14.5. The van der Waals surface area contributed by atoms with E-state index in [2.05, 4.69) is 15.5 Å². The Bertz CT molecular complexity index is 361. The van der Waals surface area contributed by atoms with Crippen LogP contribution in [0.4, 0.5) is 0 Å². The number of amides is 1. The fourth-order valence-corrected chi connectivity index (χ4v) is 4.71. The Kier molecular flexibility index (Phi) is 9.51. The highest BCUT2D eigenvalue weighted by atomic mass is 35.5. The minimum atomic E-state index is -0.338. The fraction of sp³-hybridized carbons (Fsp3) is 0.929. The summed E-state index contributed by atoms with van der Waals surface area (Å²) in [4.78, 5) is 14.8. The molecule has 6 nitrogen and oxygen atoms in total. The maximum atomic E-state index is 12.3. The first-order valence-corrected chi connectivity index (χ1v) is 8.96. The number of hydrogen-bond donors (Lipinski definition) is 2. The second-order valence-electron chi connectivity index (χ2n) is 5.91. The van der Waals surface area contributed by atoms with Gasteiger partial charge in [-0.05, 0) is 12.2 Å². The van der Waals surface area contributed by atoms with Crippen LogP contribution in [0.5, 0.6) is 0 Å². The summed E-state index contributed by atoms with van der Waals surface area (Å²) in [5.41, 5.74) is 0.103. The lowest BCUT2D eigenvalue weighted by Crippen LogP contribution is -2.60. The van der Waals surface area contributed by atoms with E-state index >= 15 is 0 Å². The minimum Gasteiger partial charge on any atom is -0.379 e. The molecule has 0 aromatic rings. The van der Waals surface area contributed by atoms with Crippen LogP contribution in [0.25, 0.3) is 0 Å². The summed E-state index contributed by atoms with van der Waals surface area (Å²) in [6.07, 6.45) is 0.802. The summed E-state index contributed by atoms with van der Waals surface area (Å²) in [5, 5.41) is 6.33. The third-order valence-electron chi connectivity index (χ3n) is 4.58. The summed E-state index contributed by atoms with van der Waals surface area (Å²) >= 11 is 1.98. The van der Waals surface area contributed by atoms with Crippen molar-refractivity contribution < 1.29 is 14.3 Å². The number of rotatable bonds is 4. The molecule has 2 N–H and O–H groups in total. The van der Waals surface area contributed by atoms with Gasteiger partial charge in [0.05, 0.1) is 19.8 Å². The van der Waals surface area contributed by atoms with Crippen molar-refractivity contribution in [2.24, 2.45) is 0 Å². The van der Waals surface area contributed by atoms with Gasteiger partial charge < -0.3 is 20.1 Å². The van der Waals surface area contributed by atoms with E-state index in [-0.39, 0.29) is 42.4 Å². The number of nitrogens with one attached hydrogen (secondary N) is 2.